The van der Waals surface area contributed by atoms with Crippen LogP contribution in [-0.4, -0.2) is 23.4 Å². The minimum Gasteiger partial charge on any atom is -0.305 e. The van der Waals surface area contributed by atoms with E-state index < -0.39 is 0 Å². The Bertz CT molecular complexity index is 188. The molecule has 3 nitrogen and oxygen atoms in total. The van der Waals surface area contributed by atoms with E-state index in [0.717, 1.165) is 0 Å². The molecule has 54 valence electrons. The highest BCUT2D eigenvalue weighted by Gasteiger charge is 2.15. The summed E-state index contributed by atoms with van der Waals surface area (Å²) in [7, 11) is 0. The summed E-state index contributed by atoms with van der Waals surface area (Å²) in [6, 6.07) is 0. The van der Waals surface area contributed by atoms with Crippen LogP contribution in [0.5, 0.6) is 0 Å². The Balaban J connectivity index is 2.43. The van der Waals surface area contributed by atoms with Gasteiger partial charge in [-0.15, -0.1) is 6.58 Å². The van der Waals surface area contributed by atoms with Gasteiger partial charge in [-0.3, -0.25) is 9.79 Å². The lowest BCUT2D eigenvalue weighted by Crippen LogP contribution is -2.20. The van der Waals surface area contributed by atoms with Crippen molar-refractivity contribution in [2.24, 2.45) is 4.99 Å². The Kier molecular flexibility index (Phi) is 2.50. The summed E-state index contributed by atoms with van der Waals surface area (Å²) >= 11 is 1.43. The molecule has 0 saturated carbocycles. The number of carbonyl (C=O) groups is 1. The van der Waals surface area contributed by atoms with Gasteiger partial charge in [0.05, 0.1) is 12.3 Å². The fraction of sp³-hybridized carbons (Fsp3) is 0.333. The predicted molar refractivity (Wildman–Crippen MR) is 43.1 cm³/mol. The maximum absolute atomic E-state index is 10.6. The van der Waals surface area contributed by atoms with Crippen LogP contribution < -0.4 is 5.32 Å². The van der Waals surface area contributed by atoms with Crippen molar-refractivity contribution >= 4 is 22.8 Å². The first-order chi connectivity index (χ1) is 4.83. The molecule has 1 N–H and O–H groups in total. The van der Waals surface area contributed by atoms with Gasteiger partial charge in [-0.25, -0.2) is 0 Å². The van der Waals surface area contributed by atoms with Crippen molar-refractivity contribution in [1.29, 1.82) is 0 Å². The van der Waals surface area contributed by atoms with E-state index in [1.807, 2.05) is 0 Å². The zero-order chi connectivity index (χ0) is 7.40. The lowest BCUT2D eigenvalue weighted by Gasteiger charge is -1.90. The zero-order valence-corrected chi connectivity index (χ0v) is 6.28. The molecule has 1 amide bonds. The lowest BCUT2D eigenvalue weighted by molar-refractivity contribution is -0.116. The number of nitrogens with one attached hydrogen (secondary N) is 1. The van der Waals surface area contributed by atoms with Gasteiger partial charge in [0.1, 0.15) is 0 Å². The molecule has 0 atom stereocenters. The van der Waals surface area contributed by atoms with Crippen molar-refractivity contribution in [1.82, 2.24) is 5.32 Å². The number of amidine groups is 1. The minimum absolute atomic E-state index is 0.0350. The summed E-state index contributed by atoms with van der Waals surface area (Å²) < 4.78 is 0. The van der Waals surface area contributed by atoms with Crippen LogP contribution in [0.15, 0.2) is 17.6 Å². The van der Waals surface area contributed by atoms with Crippen LogP contribution >= 0.6 is 11.8 Å². The van der Waals surface area contributed by atoms with E-state index in [-0.39, 0.29) is 5.91 Å². The van der Waals surface area contributed by atoms with Crippen LogP contribution in [0.4, 0.5) is 0 Å². The monoisotopic (exact) mass is 156 g/mol. The largest absolute Gasteiger partial charge is 0.305 e. The fourth-order valence-electron chi connectivity index (χ4n) is 0.558. The Morgan fingerprint density at radius 1 is 1.90 bits per heavy atom. The van der Waals surface area contributed by atoms with Gasteiger partial charge in [0.15, 0.2) is 5.17 Å². The lowest BCUT2D eigenvalue weighted by atomic mass is 10.6. The second-order valence-corrected chi connectivity index (χ2v) is 2.74. The summed E-state index contributed by atoms with van der Waals surface area (Å²) in [5, 5.41) is 3.33. The molecular formula is C6H8N2OS. The average molecular weight is 156 g/mol. The van der Waals surface area contributed by atoms with Gasteiger partial charge < -0.3 is 5.32 Å². The Labute approximate surface area is 63.6 Å². The molecule has 0 aromatic rings. The normalized spacial score (nSPS) is 21.2. The van der Waals surface area contributed by atoms with Crippen LogP contribution in [0.3, 0.4) is 0 Å². The van der Waals surface area contributed by atoms with E-state index in [0.29, 0.717) is 17.5 Å². The van der Waals surface area contributed by atoms with Crippen molar-refractivity contribution in [2.75, 3.05) is 12.3 Å². The molecule has 0 aliphatic carbocycles. The molecule has 0 aromatic carbocycles. The summed E-state index contributed by atoms with van der Waals surface area (Å²) in [6.45, 7) is 4.08. The van der Waals surface area contributed by atoms with Crippen molar-refractivity contribution in [3.8, 4) is 0 Å². The zero-order valence-electron chi connectivity index (χ0n) is 5.46. The van der Waals surface area contributed by atoms with Gasteiger partial charge in [-0.2, -0.15) is 0 Å². The third-order valence-electron chi connectivity index (χ3n) is 0.950. The fourth-order valence-corrected chi connectivity index (χ4v) is 1.25. The molecular weight excluding hydrogens is 148 g/mol. The number of rotatable bonds is 2. The maximum Gasteiger partial charge on any atom is 0.236 e. The second kappa shape index (κ2) is 3.41. The average Bonchev–Trinajstić information content (AvgIpc) is 2.31. The summed E-state index contributed by atoms with van der Waals surface area (Å²) in [4.78, 5) is 14.6. The molecule has 10 heavy (non-hydrogen) atoms. The molecule has 1 aliphatic heterocycles. The molecule has 0 bridgehead atoms. The quantitative estimate of drug-likeness (QED) is 0.588. The Morgan fingerprint density at radius 3 is 3.20 bits per heavy atom. The van der Waals surface area contributed by atoms with Crippen molar-refractivity contribution in [3.05, 3.63) is 12.7 Å². The molecule has 1 rings (SSSR count). The highest BCUT2D eigenvalue weighted by Crippen LogP contribution is 2.07. The van der Waals surface area contributed by atoms with E-state index in [1.54, 1.807) is 6.08 Å². The van der Waals surface area contributed by atoms with Crippen molar-refractivity contribution in [2.45, 2.75) is 0 Å². The van der Waals surface area contributed by atoms with Gasteiger partial charge >= 0.3 is 0 Å². The highest BCUT2D eigenvalue weighted by atomic mass is 32.2. The number of carbonyl (C=O) groups excluding carboxylic acids is 1. The smallest absolute Gasteiger partial charge is 0.236 e. The molecule has 0 unspecified atom stereocenters. The van der Waals surface area contributed by atoms with Gasteiger partial charge in [-0.05, 0) is 0 Å². The van der Waals surface area contributed by atoms with Crippen LogP contribution in [0.1, 0.15) is 0 Å². The van der Waals surface area contributed by atoms with Gasteiger partial charge in [0, 0.05) is 0 Å². The third kappa shape index (κ3) is 1.88. The predicted octanol–water partition coefficient (Wildman–Crippen LogP) is 0.391. The maximum atomic E-state index is 10.6. The number of amides is 1. The first kappa shape index (κ1) is 7.34. The molecule has 1 heterocycles. The number of hydrogen-bond acceptors (Lipinski definition) is 3. The molecule has 4 heteroatoms. The van der Waals surface area contributed by atoms with Crippen LogP contribution in [0, 0.1) is 0 Å². The van der Waals surface area contributed by atoms with Gasteiger partial charge in [-0.1, -0.05) is 17.8 Å². The second-order valence-electron chi connectivity index (χ2n) is 1.77. The Morgan fingerprint density at radius 2 is 2.70 bits per heavy atom. The summed E-state index contributed by atoms with van der Waals surface area (Å²) in [6.07, 6.45) is 1.69. The standard InChI is InChI=1S/C6H8N2OS/c1-2-3-7-6-8-5(9)4-10-6/h2H,1,3-4H2,(H,7,8,9). The third-order valence-corrected chi connectivity index (χ3v) is 1.86. The van der Waals surface area contributed by atoms with Crippen molar-refractivity contribution in [3.63, 3.8) is 0 Å². The molecule has 1 aliphatic rings. The molecule has 0 aromatic heterocycles. The van der Waals surface area contributed by atoms with Crippen LogP contribution in [0.25, 0.3) is 0 Å². The van der Waals surface area contributed by atoms with E-state index >= 15 is 0 Å². The van der Waals surface area contributed by atoms with Crippen LogP contribution in [0.2, 0.25) is 0 Å². The number of aliphatic imine (C=N–C) groups is 1. The molecule has 0 spiro atoms. The van der Waals surface area contributed by atoms with Gasteiger partial charge in [0.2, 0.25) is 5.91 Å². The van der Waals surface area contributed by atoms with E-state index in [9.17, 15) is 4.79 Å². The van der Waals surface area contributed by atoms with Crippen LogP contribution in [-0.2, 0) is 4.79 Å². The SMILES string of the molecule is C=CCN=C1NC(=O)CS1. The minimum atomic E-state index is 0.0350. The molecule has 1 fully saturated rings. The first-order valence-corrected chi connectivity index (χ1v) is 3.89. The highest BCUT2D eigenvalue weighted by molar-refractivity contribution is 8.15. The number of thioether (sulfide) groups is 1. The van der Waals surface area contributed by atoms with Crippen molar-refractivity contribution < 1.29 is 4.79 Å². The number of hydrogen-bond donors (Lipinski definition) is 1. The Hall–Kier alpha value is -0.770. The first-order valence-electron chi connectivity index (χ1n) is 2.91. The van der Waals surface area contributed by atoms with Gasteiger partial charge in [0.25, 0.3) is 0 Å². The molecule has 0 radical (unpaired) electrons. The molecule has 1 saturated heterocycles. The summed E-state index contributed by atoms with van der Waals surface area (Å²) in [5.41, 5.74) is 0. The number of nitrogens with zero attached hydrogens (tertiary/aromatic N) is 1. The topological polar surface area (TPSA) is 41.5 Å². The van der Waals surface area contributed by atoms with E-state index in [2.05, 4.69) is 16.9 Å². The summed E-state index contributed by atoms with van der Waals surface area (Å²) in [5.74, 6) is 0.531. The van der Waals surface area contributed by atoms with E-state index in [1.165, 1.54) is 11.8 Å². The van der Waals surface area contributed by atoms with E-state index in [4.69, 9.17) is 0 Å².